The summed E-state index contributed by atoms with van der Waals surface area (Å²) in [6.07, 6.45) is -2.59. The molecule has 4 nitrogen and oxygen atoms in total. The third-order valence-electron chi connectivity index (χ3n) is 4.09. The van der Waals surface area contributed by atoms with Gasteiger partial charge in [0.1, 0.15) is 24.3 Å². The second-order valence-corrected chi connectivity index (χ2v) is 6.32. The molecule has 0 aliphatic carbocycles. The highest BCUT2D eigenvalue weighted by atomic mass is 19.4. The lowest BCUT2D eigenvalue weighted by Gasteiger charge is -2.07. The predicted molar refractivity (Wildman–Crippen MR) is 97.1 cm³/mol. The molecule has 3 rings (SSSR count). The van der Waals surface area contributed by atoms with Crippen LogP contribution < -0.4 is 4.74 Å². The summed E-state index contributed by atoms with van der Waals surface area (Å²) in [5, 5.41) is 0. The molecule has 0 unspecified atom stereocenters. The maximum absolute atomic E-state index is 12.6. The fraction of sp³-hybridized carbons (Fsp3) is 0.238. The minimum Gasteiger partial charge on any atom is -0.487 e. The number of halogens is 3. The number of hydrogen-bond acceptors (Lipinski definition) is 4. The van der Waals surface area contributed by atoms with Gasteiger partial charge in [-0.25, -0.2) is 4.98 Å². The van der Waals surface area contributed by atoms with Crippen LogP contribution in [0.3, 0.4) is 0 Å². The number of ketones is 1. The zero-order valence-electron chi connectivity index (χ0n) is 15.3. The first-order valence-corrected chi connectivity index (χ1v) is 8.66. The van der Waals surface area contributed by atoms with Gasteiger partial charge in [-0.15, -0.1) is 0 Å². The Morgan fingerprint density at radius 3 is 2.50 bits per heavy atom. The molecule has 0 radical (unpaired) electrons. The van der Waals surface area contributed by atoms with E-state index in [1.165, 1.54) is 18.4 Å². The van der Waals surface area contributed by atoms with E-state index in [0.29, 0.717) is 29.0 Å². The number of benzene rings is 2. The fourth-order valence-corrected chi connectivity index (χ4v) is 2.66. The molecule has 7 heteroatoms. The summed E-state index contributed by atoms with van der Waals surface area (Å²) in [7, 11) is 0. The van der Waals surface area contributed by atoms with E-state index in [1.54, 1.807) is 19.1 Å². The van der Waals surface area contributed by atoms with E-state index in [2.05, 4.69) is 4.98 Å². The van der Waals surface area contributed by atoms with Crippen molar-refractivity contribution >= 4 is 5.78 Å². The minimum atomic E-state index is -4.39. The molecule has 146 valence electrons. The van der Waals surface area contributed by atoms with Crippen molar-refractivity contribution in [1.29, 1.82) is 0 Å². The fourth-order valence-electron chi connectivity index (χ4n) is 2.66. The third-order valence-corrected chi connectivity index (χ3v) is 4.09. The van der Waals surface area contributed by atoms with Gasteiger partial charge in [-0.1, -0.05) is 6.92 Å². The van der Waals surface area contributed by atoms with E-state index in [1.807, 2.05) is 13.0 Å². The molecule has 28 heavy (non-hydrogen) atoms. The van der Waals surface area contributed by atoms with Crippen LogP contribution in [0.2, 0.25) is 0 Å². The Labute approximate surface area is 160 Å². The molecular formula is C21H18F3NO3. The van der Waals surface area contributed by atoms with Gasteiger partial charge in [-0.05, 0) is 55.0 Å². The second kappa shape index (κ2) is 7.88. The summed E-state index contributed by atoms with van der Waals surface area (Å²) >= 11 is 0. The van der Waals surface area contributed by atoms with Crippen molar-refractivity contribution in [1.82, 2.24) is 4.98 Å². The van der Waals surface area contributed by atoms with E-state index in [0.717, 1.165) is 17.7 Å². The van der Waals surface area contributed by atoms with Gasteiger partial charge in [0.25, 0.3) is 0 Å². The monoisotopic (exact) mass is 389 g/mol. The average molecular weight is 389 g/mol. The van der Waals surface area contributed by atoms with Gasteiger partial charge >= 0.3 is 6.18 Å². The lowest BCUT2D eigenvalue weighted by atomic mass is 10.1. The van der Waals surface area contributed by atoms with Crippen LogP contribution in [0.25, 0.3) is 11.5 Å². The van der Waals surface area contributed by atoms with Crippen LogP contribution in [0.4, 0.5) is 13.2 Å². The first-order valence-electron chi connectivity index (χ1n) is 8.66. The molecule has 0 atom stereocenters. The van der Waals surface area contributed by atoms with Crippen LogP contribution in [0.5, 0.6) is 5.75 Å². The van der Waals surface area contributed by atoms with E-state index in [4.69, 9.17) is 9.15 Å². The Balaban J connectivity index is 1.70. The zero-order chi connectivity index (χ0) is 20.3. The third kappa shape index (κ3) is 4.60. The highest BCUT2D eigenvalue weighted by Gasteiger charge is 2.30. The van der Waals surface area contributed by atoms with Gasteiger partial charge in [-0.2, -0.15) is 13.2 Å². The molecule has 0 spiro atoms. The van der Waals surface area contributed by atoms with Gasteiger partial charge in [0.05, 0.1) is 5.56 Å². The first kappa shape index (κ1) is 19.7. The van der Waals surface area contributed by atoms with Crippen LogP contribution in [-0.4, -0.2) is 10.8 Å². The number of nitrogens with zero attached hydrogens (tertiary/aromatic N) is 1. The maximum Gasteiger partial charge on any atom is 0.416 e. The predicted octanol–water partition coefficient (Wildman–Crippen LogP) is 5.84. The highest BCUT2D eigenvalue weighted by Crippen LogP contribution is 2.31. The van der Waals surface area contributed by atoms with Crippen molar-refractivity contribution in [2.45, 2.75) is 33.1 Å². The van der Waals surface area contributed by atoms with Gasteiger partial charge < -0.3 is 9.15 Å². The smallest absolute Gasteiger partial charge is 0.416 e. The van der Waals surface area contributed by atoms with Crippen molar-refractivity contribution in [3.8, 4) is 17.2 Å². The lowest BCUT2D eigenvalue weighted by Crippen LogP contribution is -2.04. The number of Topliss-reactive ketones (excluding diaryl/α,β-unsaturated/α-hetero) is 1. The number of rotatable bonds is 6. The van der Waals surface area contributed by atoms with Gasteiger partial charge in [0.2, 0.25) is 5.89 Å². The van der Waals surface area contributed by atoms with Crippen molar-refractivity contribution < 1.29 is 27.1 Å². The molecule has 0 N–H and O–H groups in total. The van der Waals surface area contributed by atoms with Gasteiger partial charge in [0, 0.05) is 17.5 Å². The number of aromatic nitrogens is 1. The van der Waals surface area contributed by atoms with Gasteiger partial charge in [0.15, 0.2) is 5.78 Å². The quantitative estimate of drug-likeness (QED) is 0.497. The molecule has 1 heterocycles. The lowest BCUT2D eigenvalue weighted by molar-refractivity contribution is -0.137. The molecule has 0 saturated carbocycles. The molecule has 0 aliphatic rings. The van der Waals surface area contributed by atoms with E-state index in [9.17, 15) is 18.0 Å². The van der Waals surface area contributed by atoms with E-state index < -0.39 is 11.7 Å². The molecular weight excluding hydrogens is 371 g/mol. The minimum absolute atomic E-state index is 0.0274. The Hall–Kier alpha value is -3.09. The normalized spacial score (nSPS) is 11.5. The zero-order valence-corrected chi connectivity index (χ0v) is 15.3. The maximum atomic E-state index is 12.6. The summed E-state index contributed by atoms with van der Waals surface area (Å²) in [5.41, 5.74) is 1.68. The largest absolute Gasteiger partial charge is 0.487 e. The van der Waals surface area contributed by atoms with Crippen molar-refractivity contribution in [3.63, 3.8) is 0 Å². The van der Waals surface area contributed by atoms with Crippen LogP contribution in [0, 0.1) is 6.92 Å². The second-order valence-electron chi connectivity index (χ2n) is 6.32. The molecule has 0 bridgehead atoms. The van der Waals surface area contributed by atoms with E-state index >= 15 is 0 Å². The summed E-state index contributed by atoms with van der Waals surface area (Å²) in [5.74, 6) is 0.772. The van der Waals surface area contributed by atoms with Crippen LogP contribution in [-0.2, 0) is 12.8 Å². The highest BCUT2D eigenvalue weighted by molar-refractivity contribution is 5.96. The Morgan fingerprint density at radius 2 is 1.86 bits per heavy atom. The molecule has 0 aliphatic heterocycles. The number of alkyl halides is 3. The van der Waals surface area contributed by atoms with Gasteiger partial charge in [-0.3, -0.25) is 4.79 Å². The number of aryl methyl sites for hydroxylation is 1. The number of carbonyl (C=O) groups is 1. The summed E-state index contributed by atoms with van der Waals surface area (Å²) in [6.45, 7) is 3.77. The Kier molecular flexibility index (Phi) is 5.53. The average Bonchev–Trinajstić information content (AvgIpc) is 3.14. The number of oxazole rings is 1. The van der Waals surface area contributed by atoms with Crippen molar-refractivity contribution in [2.75, 3.05) is 0 Å². The molecule has 0 saturated heterocycles. The molecule has 1 aromatic heterocycles. The Morgan fingerprint density at radius 1 is 1.14 bits per heavy atom. The van der Waals surface area contributed by atoms with Crippen molar-refractivity contribution in [2.24, 2.45) is 0 Å². The summed E-state index contributed by atoms with van der Waals surface area (Å²) in [4.78, 5) is 16.1. The standard InChI is InChI=1S/C21H18F3NO3/c1-3-19(26)15-8-13(2)9-18(10-15)27-11-17-12-28-20(25-17)14-4-6-16(7-5-14)21(22,23)24/h4-10,12H,3,11H2,1-2H3. The molecule has 0 fully saturated rings. The molecule has 0 amide bonds. The summed E-state index contributed by atoms with van der Waals surface area (Å²) < 4.78 is 49.0. The topological polar surface area (TPSA) is 52.3 Å². The Bertz CT molecular complexity index is 975. The molecule has 2 aromatic carbocycles. The van der Waals surface area contributed by atoms with Crippen LogP contribution in [0.15, 0.2) is 53.1 Å². The molecule has 3 aromatic rings. The first-order chi connectivity index (χ1) is 13.3. The van der Waals surface area contributed by atoms with E-state index in [-0.39, 0.29) is 18.3 Å². The summed E-state index contributed by atoms with van der Waals surface area (Å²) in [6, 6.07) is 9.87. The SMILES string of the molecule is CCC(=O)c1cc(C)cc(OCc2coc(-c3ccc(C(F)(F)F)cc3)n2)c1. The van der Waals surface area contributed by atoms with Crippen LogP contribution >= 0.6 is 0 Å². The number of hydrogen-bond donors (Lipinski definition) is 0. The van der Waals surface area contributed by atoms with Crippen LogP contribution in [0.1, 0.15) is 40.5 Å². The number of ether oxygens (including phenoxy) is 1. The van der Waals surface area contributed by atoms with Crippen molar-refractivity contribution in [3.05, 3.63) is 71.1 Å². The number of carbonyl (C=O) groups excluding carboxylic acids is 1.